The molecular formula is C37H25NO. The van der Waals surface area contributed by atoms with Gasteiger partial charge in [0.05, 0.1) is 11.0 Å². The maximum Gasteiger partial charge on any atom is 0.135 e. The van der Waals surface area contributed by atoms with Gasteiger partial charge in [-0.1, -0.05) is 98.8 Å². The summed E-state index contributed by atoms with van der Waals surface area (Å²) in [6, 6.07) is 41.8. The molecule has 8 aromatic rings. The summed E-state index contributed by atoms with van der Waals surface area (Å²) in [4.78, 5) is 0. The molecule has 0 radical (unpaired) electrons. The van der Waals surface area contributed by atoms with E-state index in [1.807, 2.05) is 12.1 Å². The highest BCUT2D eigenvalue weighted by atomic mass is 16.3. The Hall–Kier alpha value is -4.82. The normalized spacial score (nSPS) is 14.1. The largest absolute Gasteiger partial charge is 0.456 e. The lowest BCUT2D eigenvalue weighted by Crippen LogP contribution is -2.15. The van der Waals surface area contributed by atoms with Gasteiger partial charge in [-0.2, -0.15) is 0 Å². The fourth-order valence-electron chi connectivity index (χ4n) is 7.32. The van der Waals surface area contributed by atoms with Gasteiger partial charge in [0.15, 0.2) is 0 Å². The van der Waals surface area contributed by atoms with E-state index in [0.717, 1.165) is 27.6 Å². The smallest absolute Gasteiger partial charge is 0.135 e. The Morgan fingerprint density at radius 1 is 0.590 bits per heavy atom. The molecule has 0 aliphatic heterocycles. The Kier molecular flexibility index (Phi) is 3.89. The number of hydrogen-bond acceptors (Lipinski definition) is 1. The van der Waals surface area contributed by atoms with Crippen molar-refractivity contribution >= 4 is 54.5 Å². The molecule has 0 saturated heterocycles. The van der Waals surface area contributed by atoms with Gasteiger partial charge in [-0.3, -0.25) is 0 Å². The quantitative estimate of drug-likeness (QED) is 0.220. The first-order chi connectivity index (χ1) is 19.1. The Morgan fingerprint density at radius 2 is 1.26 bits per heavy atom. The average Bonchev–Trinajstić information content (AvgIpc) is 3.59. The molecule has 2 nitrogen and oxygen atoms in total. The molecule has 0 spiro atoms. The van der Waals surface area contributed by atoms with Crippen molar-refractivity contribution < 1.29 is 4.42 Å². The summed E-state index contributed by atoms with van der Waals surface area (Å²) in [5.41, 5.74) is 11.0. The molecule has 2 aromatic heterocycles. The van der Waals surface area contributed by atoms with Crippen molar-refractivity contribution in [3.63, 3.8) is 0 Å². The SMILES string of the molecule is CC1(C)c2ccccc2-c2c1c1c3ccccc3n(-c3ccc4oc5ccccc5c4c3)c1c1ccccc21. The summed E-state index contributed by atoms with van der Waals surface area (Å²) in [6.07, 6.45) is 0. The van der Waals surface area contributed by atoms with E-state index in [9.17, 15) is 0 Å². The maximum atomic E-state index is 6.18. The summed E-state index contributed by atoms with van der Waals surface area (Å²) >= 11 is 0. The molecule has 1 aliphatic carbocycles. The van der Waals surface area contributed by atoms with Gasteiger partial charge in [-0.15, -0.1) is 0 Å². The number of furan rings is 1. The maximum absolute atomic E-state index is 6.18. The number of aromatic nitrogens is 1. The number of benzene rings is 6. The molecule has 0 amide bonds. The summed E-state index contributed by atoms with van der Waals surface area (Å²) in [7, 11) is 0. The molecule has 0 bridgehead atoms. The van der Waals surface area contributed by atoms with E-state index in [0.29, 0.717) is 0 Å². The molecule has 1 aliphatic rings. The van der Waals surface area contributed by atoms with Gasteiger partial charge >= 0.3 is 0 Å². The first-order valence-corrected chi connectivity index (χ1v) is 13.6. The van der Waals surface area contributed by atoms with Gasteiger partial charge in [0.25, 0.3) is 0 Å². The topological polar surface area (TPSA) is 18.1 Å². The van der Waals surface area contributed by atoms with Crippen molar-refractivity contribution in [2.24, 2.45) is 0 Å². The van der Waals surface area contributed by atoms with E-state index in [1.54, 1.807) is 0 Å². The summed E-state index contributed by atoms with van der Waals surface area (Å²) in [5.74, 6) is 0. The van der Waals surface area contributed by atoms with Crippen molar-refractivity contribution in [3.8, 4) is 16.8 Å². The molecule has 0 N–H and O–H groups in total. The van der Waals surface area contributed by atoms with Gasteiger partial charge in [-0.25, -0.2) is 0 Å². The minimum absolute atomic E-state index is 0.117. The van der Waals surface area contributed by atoms with E-state index in [4.69, 9.17) is 4.42 Å². The Bertz CT molecular complexity index is 2310. The molecule has 9 rings (SSSR count). The van der Waals surface area contributed by atoms with Crippen molar-refractivity contribution in [2.75, 3.05) is 0 Å². The monoisotopic (exact) mass is 499 g/mol. The van der Waals surface area contributed by atoms with Gasteiger partial charge in [0.2, 0.25) is 0 Å². The first kappa shape index (κ1) is 21.2. The predicted molar refractivity (Wildman–Crippen MR) is 163 cm³/mol. The Balaban J connectivity index is 1.52. The molecule has 0 unspecified atom stereocenters. The van der Waals surface area contributed by atoms with Gasteiger partial charge in [-0.05, 0) is 58.0 Å². The van der Waals surface area contributed by atoms with Gasteiger partial charge in [0, 0.05) is 38.0 Å². The third-order valence-electron chi connectivity index (χ3n) is 8.94. The molecule has 0 atom stereocenters. The van der Waals surface area contributed by atoms with Crippen LogP contribution in [0.25, 0.3) is 71.3 Å². The first-order valence-electron chi connectivity index (χ1n) is 13.6. The Labute approximate surface area is 225 Å². The van der Waals surface area contributed by atoms with Crippen LogP contribution in [0.1, 0.15) is 25.0 Å². The molecule has 2 heterocycles. The van der Waals surface area contributed by atoms with Crippen LogP contribution >= 0.6 is 0 Å². The molecule has 0 fully saturated rings. The lowest BCUT2D eigenvalue weighted by Gasteiger charge is -2.23. The fourth-order valence-corrected chi connectivity index (χ4v) is 7.32. The number of fused-ring (bicyclic) bond motifs is 13. The van der Waals surface area contributed by atoms with Crippen LogP contribution in [-0.4, -0.2) is 4.57 Å². The van der Waals surface area contributed by atoms with Crippen molar-refractivity contribution in [1.29, 1.82) is 0 Å². The second-order valence-electron chi connectivity index (χ2n) is 11.3. The number of rotatable bonds is 1. The lowest BCUT2D eigenvalue weighted by molar-refractivity contribution is 0.667. The van der Waals surface area contributed by atoms with Crippen LogP contribution in [-0.2, 0) is 5.41 Å². The standard InChI is InChI=1S/C37H25NO/c1-37(2)29-16-8-5-14-26(29)33-24-12-3-4-13-25(24)36-34(35(33)37)27-15-6-9-17-30(27)38(36)22-19-20-32-28(21-22)23-11-7-10-18-31(23)39-32/h3-21H,1-2H3. The van der Waals surface area contributed by atoms with Crippen LogP contribution in [0.2, 0.25) is 0 Å². The molecule has 6 aromatic carbocycles. The number of hydrogen-bond donors (Lipinski definition) is 0. The van der Waals surface area contributed by atoms with Crippen molar-refractivity contribution in [2.45, 2.75) is 19.3 Å². The predicted octanol–water partition coefficient (Wildman–Crippen LogP) is 10.1. The number of nitrogens with zero attached hydrogens (tertiary/aromatic N) is 1. The van der Waals surface area contributed by atoms with E-state index >= 15 is 0 Å². The lowest BCUT2D eigenvalue weighted by atomic mass is 9.79. The number of para-hydroxylation sites is 2. The average molecular weight is 500 g/mol. The van der Waals surface area contributed by atoms with E-state index < -0.39 is 0 Å². The minimum Gasteiger partial charge on any atom is -0.456 e. The van der Waals surface area contributed by atoms with E-state index in [1.165, 1.54) is 54.8 Å². The zero-order valence-corrected chi connectivity index (χ0v) is 21.8. The summed E-state index contributed by atoms with van der Waals surface area (Å²) in [5, 5.41) is 7.55. The van der Waals surface area contributed by atoms with Crippen LogP contribution in [0.4, 0.5) is 0 Å². The van der Waals surface area contributed by atoms with Crippen molar-refractivity contribution in [3.05, 3.63) is 126 Å². The second kappa shape index (κ2) is 7.18. The second-order valence-corrected chi connectivity index (χ2v) is 11.3. The van der Waals surface area contributed by atoms with E-state index in [-0.39, 0.29) is 5.41 Å². The van der Waals surface area contributed by atoms with E-state index in [2.05, 4.69) is 122 Å². The van der Waals surface area contributed by atoms with Gasteiger partial charge < -0.3 is 8.98 Å². The van der Waals surface area contributed by atoms with Crippen LogP contribution in [0.15, 0.2) is 120 Å². The fraction of sp³-hybridized carbons (Fsp3) is 0.0811. The minimum atomic E-state index is -0.117. The van der Waals surface area contributed by atoms with Gasteiger partial charge in [0.1, 0.15) is 11.2 Å². The zero-order valence-electron chi connectivity index (χ0n) is 21.8. The molecule has 39 heavy (non-hydrogen) atoms. The van der Waals surface area contributed by atoms with Crippen LogP contribution in [0.5, 0.6) is 0 Å². The highest BCUT2D eigenvalue weighted by molar-refractivity contribution is 6.25. The summed E-state index contributed by atoms with van der Waals surface area (Å²) in [6.45, 7) is 4.78. The van der Waals surface area contributed by atoms with Crippen LogP contribution in [0, 0.1) is 0 Å². The third-order valence-corrected chi connectivity index (χ3v) is 8.94. The molecular weight excluding hydrogens is 474 g/mol. The third kappa shape index (κ3) is 2.56. The highest BCUT2D eigenvalue weighted by Gasteiger charge is 2.39. The highest BCUT2D eigenvalue weighted by Crippen LogP contribution is 2.56. The molecule has 184 valence electrons. The summed E-state index contributed by atoms with van der Waals surface area (Å²) < 4.78 is 8.66. The van der Waals surface area contributed by atoms with Crippen LogP contribution in [0.3, 0.4) is 0 Å². The zero-order chi connectivity index (χ0) is 25.9. The Morgan fingerprint density at radius 3 is 2.13 bits per heavy atom. The molecule has 0 saturated carbocycles. The molecule has 2 heteroatoms. The van der Waals surface area contributed by atoms with Crippen LogP contribution < -0.4 is 0 Å². The van der Waals surface area contributed by atoms with Crippen molar-refractivity contribution in [1.82, 2.24) is 4.57 Å².